The van der Waals surface area contributed by atoms with Crippen molar-refractivity contribution in [3.05, 3.63) is 60.2 Å². The van der Waals surface area contributed by atoms with E-state index in [4.69, 9.17) is 5.73 Å². The fourth-order valence-electron chi connectivity index (χ4n) is 2.36. The molecule has 3 aromatic rings. The highest BCUT2D eigenvalue weighted by molar-refractivity contribution is 5.65. The van der Waals surface area contributed by atoms with Gasteiger partial charge in [0.1, 0.15) is 11.6 Å². The van der Waals surface area contributed by atoms with Gasteiger partial charge in [-0.15, -0.1) is 0 Å². The third-order valence-corrected chi connectivity index (χ3v) is 3.24. The van der Waals surface area contributed by atoms with Crippen LogP contribution in [0.15, 0.2) is 48.7 Å². The molecule has 2 aromatic heterocycles. The number of fused-ring (bicyclic) bond motifs is 1. The highest BCUT2D eigenvalue weighted by Gasteiger charge is 2.13. The minimum absolute atomic E-state index is 0.0509. The maximum absolute atomic E-state index is 13.0. The van der Waals surface area contributed by atoms with Gasteiger partial charge in [-0.3, -0.25) is 4.40 Å². The average molecular weight is 269 g/mol. The molecule has 20 heavy (non-hydrogen) atoms. The zero-order valence-corrected chi connectivity index (χ0v) is 11.3. The Hall–Kier alpha value is -2.20. The molecule has 0 saturated carbocycles. The maximum atomic E-state index is 13.0. The summed E-state index contributed by atoms with van der Waals surface area (Å²) in [7, 11) is 0. The molecule has 4 heteroatoms. The van der Waals surface area contributed by atoms with Crippen LogP contribution in [0.2, 0.25) is 0 Å². The SMILES string of the molecule is CC(N)Cc1nc(-c2ccc(F)cc2)n2ccccc12. The smallest absolute Gasteiger partial charge is 0.144 e. The Bertz CT molecular complexity index is 729. The molecule has 0 spiro atoms. The third kappa shape index (κ3) is 2.30. The van der Waals surface area contributed by atoms with Crippen molar-refractivity contribution in [3.8, 4) is 11.4 Å². The summed E-state index contributed by atoms with van der Waals surface area (Å²) in [5.41, 5.74) is 8.79. The lowest BCUT2D eigenvalue weighted by molar-refractivity contribution is 0.628. The van der Waals surface area contributed by atoms with E-state index in [1.165, 1.54) is 12.1 Å². The van der Waals surface area contributed by atoms with E-state index in [0.29, 0.717) is 6.42 Å². The van der Waals surface area contributed by atoms with Crippen LogP contribution in [0.5, 0.6) is 0 Å². The molecule has 2 heterocycles. The first-order chi connectivity index (χ1) is 9.65. The molecule has 2 N–H and O–H groups in total. The van der Waals surface area contributed by atoms with Crippen LogP contribution in [0.1, 0.15) is 12.6 Å². The van der Waals surface area contributed by atoms with E-state index >= 15 is 0 Å². The summed E-state index contributed by atoms with van der Waals surface area (Å²) in [5.74, 6) is 0.571. The quantitative estimate of drug-likeness (QED) is 0.794. The second-order valence-corrected chi connectivity index (χ2v) is 5.03. The van der Waals surface area contributed by atoms with Crippen molar-refractivity contribution < 1.29 is 4.39 Å². The number of rotatable bonds is 3. The number of benzene rings is 1. The Kier molecular flexibility index (Phi) is 3.24. The lowest BCUT2D eigenvalue weighted by atomic mass is 10.2. The first-order valence-corrected chi connectivity index (χ1v) is 6.62. The van der Waals surface area contributed by atoms with Crippen LogP contribution in [0.25, 0.3) is 16.9 Å². The summed E-state index contributed by atoms with van der Waals surface area (Å²) in [4.78, 5) is 4.69. The van der Waals surface area contributed by atoms with Gasteiger partial charge in [-0.05, 0) is 43.3 Å². The zero-order valence-electron chi connectivity index (χ0n) is 11.3. The fraction of sp³-hybridized carbons (Fsp3) is 0.188. The predicted molar refractivity (Wildman–Crippen MR) is 77.9 cm³/mol. The summed E-state index contributed by atoms with van der Waals surface area (Å²) in [6.07, 6.45) is 2.68. The number of nitrogens with zero attached hydrogens (tertiary/aromatic N) is 2. The van der Waals surface area contributed by atoms with Crippen molar-refractivity contribution in [3.63, 3.8) is 0 Å². The van der Waals surface area contributed by atoms with Crippen molar-refractivity contribution >= 4 is 5.52 Å². The molecule has 0 fully saturated rings. The first-order valence-electron chi connectivity index (χ1n) is 6.62. The van der Waals surface area contributed by atoms with Crippen molar-refractivity contribution in [2.45, 2.75) is 19.4 Å². The lowest BCUT2D eigenvalue weighted by Crippen LogP contribution is -2.18. The predicted octanol–water partition coefficient (Wildman–Crippen LogP) is 3.03. The number of hydrogen-bond acceptors (Lipinski definition) is 2. The molecule has 0 bridgehead atoms. The van der Waals surface area contributed by atoms with Crippen molar-refractivity contribution in [2.75, 3.05) is 0 Å². The first kappa shape index (κ1) is 12.8. The van der Waals surface area contributed by atoms with Gasteiger partial charge in [0.05, 0.1) is 11.2 Å². The number of hydrogen-bond donors (Lipinski definition) is 1. The maximum Gasteiger partial charge on any atom is 0.144 e. The summed E-state index contributed by atoms with van der Waals surface area (Å²) < 4.78 is 15.1. The van der Waals surface area contributed by atoms with Crippen LogP contribution in [-0.2, 0) is 6.42 Å². The Morgan fingerprint density at radius 3 is 2.65 bits per heavy atom. The molecule has 3 nitrogen and oxygen atoms in total. The normalized spacial score (nSPS) is 12.8. The molecular weight excluding hydrogens is 253 g/mol. The second-order valence-electron chi connectivity index (χ2n) is 5.03. The van der Waals surface area contributed by atoms with Crippen LogP contribution in [0.4, 0.5) is 4.39 Å². The molecule has 0 aliphatic rings. The van der Waals surface area contributed by atoms with E-state index in [2.05, 4.69) is 4.98 Å². The van der Waals surface area contributed by atoms with Gasteiger partial charge < -0.3 is 5.73 Å². The van der Waals surface area contributed by atoms with Crippen LogP contribution >= 0.6 is 0 Å². The van der Waals surface area contributed by atoms with Crippen LogP contribution < -0.4 is 5.73 Å². The standard InChI is InChI=1S/C16H16FN3/c1-11(18)10-14-15-4-2-3-9-20(15)16(19-14)12-5-7-13(17)8-6-12/h2-9,11H,10,18H2,1H3. The Labute approximate surface area is 116 Å². The Morgan fingerprint density at radius 2 is 1.95 bits per heavy atom. The van der Waals surface area contributed by atoms with Gasteiger partial charge in [-0.25, -0.2) is 9.37 Å². The summed E-state index contributed by atoms with van der Waals surface area (Å²) in [6.45, 7) is 1.96. The number of pyridine rings is 1. The van der Waals surface area contributed by atoms with Gasteiger partial charge >= 0.3 is 0 Å². The largest absolute Gasteiger partial charge is 0.328 e. The molecule has 1 atom stereocenters. The van der Waals surface area contributed by atoms with Gasteiger partial charge in [0, 0.05) is 24.2 Å². The number of halogens is 1. The van der Waals surface area contributed by atoms with Crippen LogP contribution in [-0.4, -0.2) is 15.4 Å². The van der Waals surface area contributed by atoms with E-state index < -0.39 is 0 Å². The molecule has 0 saturated heterocycles. The van der Waals surface area contributed by atoms with Crippen molar-refractivity contribution in [2.24, 2.45) is 5.73 Å². The van der Waals surface area contributed by atoms with Crippen LogP contribution in [0.3, 0.4) is 0 Å². The molecule has 0 aliphatic carbocycles. The summed E-state index contributed by atoms with van der Waals surface area (Å²) >= 11 is 0. The third-order valence-electron chi connectivity index (χ3n) is 3.24. The minimum Gasteiger partial charge on any atom is -0.328 e. The van der Waals surface area contributed by atoms with Gasteiger partial charge in [-0.2, -0.15) is 0 Å². The van der Waals surface area contributed by atoms with Crippen molar-refractivity contribution in [1.29, 1.82) is 0 Å². The number of aromatic nitrogens is 2. The number of imidazole rings is 1. The average Bonchev–Trinajstić information content (AvgIpc) is 2.78. The summed E-state index contributed by atoms with van der Waals surface area (Å²) in [6, 6.07) is 12.4. The number of nitrogens with two attached hydrogens (primary N) is 1. The van der Waals surface area contributed by atoms with E-state index in [1.54, 1.807) is 12.1 Å². The Balaban J connectivity index is 2.18. The van der Waals surface area contributed by atoms with Crippen LogP contribution in [0, 0.1) is 5.82 Å². The van der Waals surface area contributed by atoms with Gasteiger partial charge in [-0.1, -0.05) is 6.07 Å². The fourth-order valence-corrected chi connectivity index (χ4v) is 2.36. The van der Waals surface area contributed by atoms with Crippen molar-refractivity contribution in [1.82, 2.24) is 9.38 Å². The molecule has 102 valence electrons. The van der Waals surface area contributed by atoms with E-state index in [0.717, 1.165) is 22.6 Å². The van der Waals surface area contributed by atoms with Gasteiger partial charge in [0.2, 0.25) is 0 Å². The molecule has 1 unspecified atom stereocenters. The van der Waals surface area contributed by atoms with E-state index in [9.17, 15) is 4.39 Å². The highest BCUT2D eigenvalue weighted by Crippen LogP contribution is 2.23. The minimum atomic E-state index is -0.245. The highest BCUT2D eigenvalue weighted by atomic mass is 19.1. The lowest BCUT2D eigenvalue weighted by Gasteiger charge is -2.01. The molecule has 3 rings (SSSR count). The Morgan fingerprint density at radius 1 is 1.20 bits per heavy atom. The topological polar surface area (TPSA) is 43.3 Å². The second kappa shape index (κ2) is 5.06. The summed E-state index contributed by atoms with van der Waals surface area (Å²) in [5, 5.41) is 0. The van der Waals surface area contributed by atoms with E-state index in [-0.39, 0.29) is 11.9 Å². The zero-order chi connectivity index (χ0) is 14.1. The molecular formula is C16H16FN3. The van der Waals surface area contributed by atoms with Gasteiger partial charge in [0.25, 0.3) is 0 Å². The van der Waals surface area contributed by atoms with E-state index in [1.807, 2.05) is 35.7 Å². The molecule has 1 aromatic carbocycles. The van der Waals surface area contributed by atoms with Gasteiger partial charge in [0.15, 0.2) is 0 Å². The molecule has 0 amide bonds. The molecule has 0 radical (unpaired) electrons. The monoisotopic (exact) mass is 269 g/mol. The molecule has 0 aliphatic heterocycles.